The summed E-state index contributed by atoms with van der Waals surface area (Å²) in [4.78, 5) is 21.3. The molecule has 0 radical (unpaired) electrons. The second-order valence-electron chi connectivity index (χ2n) is 5.46. The number of aromatic nitrogens is 1. The molecule has 126 valence electrons. The topological polar surface area (TPSA) is 51.5 Å². The van der Waals surface area contributed by atoms with Gasteiger partial charge in [-0.25, -0.2) is 9.78 Å². The molecule has 1 aromatic heterocycles. The van der Waals surface area contributed by atoms with Crippen LogP contribution in [0.1, 0.15) is 38.8 Å². The number of hydrogen-bond acceptors (Lipinski definition) is 5. The van der Waals surface area contributed by atoms with Crippen LogP contribution in [-0.2, 0) is 4.74 Å². The lowest BCUT2D eigenvalue weighted by molar-refractivity contribution is 0.0606. The van der Waals surface area contributed by atoms with Crippen molar-refractivity contribution in [2.45, 2.75) is 13.0 Å². The molecule has 0 saturated heterocycles. The van der Waals surface area contributed by atoms with E-state index in [-0.39, 0.29) is 12.0 Å². The quantitative estimate of drug-likeness (QED) is 0.502. The molecule has 0 amide bonds. The van der Waals surface area contributed by atoms with Crippen LogP contribution in [0, 0.1) is 0 Å². The molecule has 0 atom stereocenters. The number of carbonyl (C=O) groups is 1. The lowest BCUT2D eigenvalue weighted by Gasteiger charge is -2.14. The maximum absolute atomic E-state index is 11.6. The maximum Gasteiger partial charge on any atom is 0.349 e. The summed E-state index contributed by atoms with van der Waals surface area (Å²) >= 11 is 1.29. The molecule has 0 aliphatic carbocycles. The number of aliphatic imine (C=N–C) groups is 1. The molecule has 4 nitrogen and oxygen atoms in total. The van der Waals surface area contributed by atoms with Crippen LogP contribution in [-0.4, -0.2) is 23.8 Å². The van der Waals surface area contributed by atoms with E-state index in [2.05, 4.69) is 29.2 Å². The lowest BCUT2D eigenvalue weighted by atomic mass is 9.99. The Balaban J connectivity index is 1.98. The first-order valence-corrected chi connectivity index (χ1v) is 8.69. The number of nitrogens with zero attached hydrogens (tertiary/aromatic N) is 2. The van der Waals surface area contributed by atoms with E-state index in [1.54, 1.807) is 0 Å². The fraction of sp³-hybridized carbons (Fsp3) is 0.150. The van der Waals surface area contributed by atoms with Gasteiger partial charge in [-0.15, -0.1) is 11.3 Å². The van der Waals surface area contributed by atoms with Crippen LogP contribution in [0.4, 0.5) is 0 Å². The van der Waals surface area contributed by atoms with Crippen molar-refractivity contribution in [3.8, 4) is 0 Å². The Morgan fingerprint density at radius 3 is 2.12 bits per heavy atom. The molecule has 0 fully saturated rings. The van der Waals surface area contributed by atoms with Crippen LogP contribution in [0.25, 0.3) is 0 Å². The zero-order valence-corrected chi connectivity index (χ0v) is 14.9. The number of hydrogen-bond donors (Lipinski definition) is 0. The number of methoxy groups -OCH3 is 1. The van der Waals surface area contributed by atoms with Crippen molar-refractivity contribution in [2.24, 2.45) is 4.99 Å². The van der Waals surface area contributed by atoms with Crippen LogP contribution in [0.2, 0.25) is 0 Å². The molecule has 25 heavy (non-hydrogen) atoms. The summed E-state index contributed by atoms with van der Waals surface area (Å²) in [6.45, 7) is 1.92. The van der Waals surface area contributed by atoms with Crippen molar-refractivity contribution in [2.75, 3.05) is 7.11 Å². The zero-order valence-electron chi connectivity index (χ0n) is 14.0. The number of ether oxygens (including phenoxy) is 1. The average Bonchev–Trinajstić information content (AvgIpc) is 3.17. The average molecular weight is 350 g/mol. The molecular weight excluding hydrogens is 332 g/mol. The number of rotatable bonds is 5. The second kappa shape index (κ2) is 7.85. The van der Waals surface area contributed by atoms with E-state index in [4.69, 9.17) is 9.73 Å². The molecule has 0 unspecified atom stereocenters. The largest absolute Gasteiger partial charge is 0.465 e. The van der Waals surface area contributed by atoms with Gasteiger partial charge >= 0.3 is 5.97 Å². The molecule has 0 N–H and O–H groups in total. The first kappa shape index (κ1) is 17.0. The van der Waals surface area contributed by atoms with Gasteiger partial charge in [-0.2, -0.15) is 0 Å². The van der Waals surface area contributed by atoms with Crippen LogP contribution < -0.4 is 0 Å². The van der Waals surface area contributed by atoms with Gasteiger partial charge in [-0.05, 0) is 18.1 Å². The molecule has 0 aliphatic rings. The molecule has 0 spiro atoms. The fourth-order valence-corrected chi connectivity index (χ4v) is 3.28. The van der Waals surface area contributed by atoms with E-state index < -0.39 is 0 Å². The van der Waals surface area contributed by atoms with Gasteiger partial charge in [-0.1, -0.05) is 60.7 Å². The van der Waals surface area contributed by atoms with E-state index in [1.165, 1.54) is 24.6 Å². The van der Waals surface area contributed by atoms with Crippen molar-refractivity contribution >= 4 is 23.0 Å². The van der Waals surface area contributed by atoms with Crippen molar-refractivity contribution < 1.29 is 9.53 Å². The number of benzene rings is 2. The third-order valence-corrected chi connectivity index (χ3v) is 4.84. The van der Waals surface area contributed by atoms with Gasteiger partial charge < -0.3 is 4.74 Å². The normalized spacial score (nSPS) is 11.6. The summed E-state index contributed by atoms with van der Waals surface area (Å²) in [7, 11) is 1.36. The predicted molar refractivity (Wildman–Crippen MR) is 100 cm³/mol. The fourth-order valence-electron chi connectivity index (χ4n) is 2.50. The van der Waals surface area contributed by atoms with E-state index in [1.807, 2.05) is 43.3 Å². The number of carbonyl (C=O) groups excluding carboxylic acids is 1. The molecule has 3 rings (SSSR count). The molecule has 2 aromatic carbocycles. The van der Waals surface area contributed by atoms with Gasteiger partial charge in [0.15, 0.2) is 0 Å². The molecule has 5 heteroatoms. The molecule has 1 heterocycles. The SMILES string of the molecule is COC(=O)c1cnc(C(C)=NC(c2ccccc2)c2ccccc2)s1. The first-order valence-electron chi connectivity index (χ1n) is 7.88. The highest BCUT2D eigenvalue weighted by Crippen LogP contribution is 2.27. The summed E-state index contributed by atoms with van der Waals surface area (Å²) < 4.78 is 4.74. The minimum Gasteiger partial charge on any atom is -0.465 e. The summed E-state index contributed by atoms with van der Waals surface area (Å²) in [6.07, 6.45) is 1.53. The number of thiazole rings is 1. The van der Waals surface area contributed by atoms with Gasteiger partial charge in [0.2, 0.25) is 0 Å². The Morgan fingerprint density at radius 2 is 1.60 bits per heavy atom. The first-order chi connectivity index (χ1) is 12.2. The zero-order chi connectivity index (χ0) is 17.6. The maximum atomic E-state index is 11.6. The molecule has 0 saturated carbocycles. The van der Waals surface area contributed by atoms with E-state index in [0.717, 1.165) is 21.8 Å². The minimum absolute atomic E-state index is 0.118. The van der Waals surface area contributed by atoms with Crippen LogP contribution in [0.5, 0.6) is 0 Å². The van der Waals surface area contributed by atoms with Crippen LogP contribution in [0.15, 0.2) is 71.9 Å². The van der Waals surface area contributed by atoms with Crippen molar-refractivity contribution in [3.63, 3.8) is 0 Å². The summed E-state index contributed by atoms with van der Waals surface area (Å²) in [6, 6.07) is 20.2. The van der Waals surface area contributed by atoms with Gasteiger partial charge in [0.25, 0.3) is 0 Å². The third-order valence-electron chi connectivity index (χ3n) is 3.76. The predicted octanol–water partition coefficient (Wildman–Crippen LogP) is 4.53. The van der Waals surface area contributed by atoms with Crippen molar-refractivity contribution in [1.29, 1.82) is 0 Å². The summed E-state index contributed by atoms with van der Waals surface area (Å²) in [5, 5.41) is 0.720. The highest BCUT2D eigenvalue weighted by molar-refractivity contribution is 7.15. The Morgan fingerprint density at radius 1 is 1.04 bits per heavy atom. The standard InChI is InChI=1S/C20H18N2O2S/c1-14(19-21-13-17(25-19)20(23)24-2)22-18(15-9-5-3-6-10-15)16-11-7-4-8-12-16/h3-13,18H,1-2H3. The third kappa shape index (κ3) is 4.00. The Bertz CT molecular complexity index is 833. The lowest BCUT2D eigenvalue weighted by Crippen LogP contribution is -2.03. The van der Waals surface area contributed by atoms with Crippen molar-refractivity contribution in [1.82, 2.24) is 4.98 Å². The van der Waals surface area contributed by atoms with Crippen LogP contribution >= 0.6 is 11.3 Å². The monoisotopic (exact) mass is 350 g/mol. The Labute approximate surface area is 150 Å². The Kier molecular flexibility index (Phi) is 5.36. The number of esters is 1. The van der Waals surface area contributed by atoms with Gasteiger partial charge in [0.1, 0.15) is 15.9 Å². The van der Waals surface area contributed by atoms with Gasteiger partial charge in [0.05, 0.1) is 19.0 Å². The smallest absolute Gasteiger partial charge is 0.349 e. The van der Waals surface area contributed by atoms with Crippen molar-refractivity contribution in [3.05, 3.63) is 87.9 Å². The molecule has 3 aromatic rings. The Hall–Kier alpha value is -2.79. The molecule has 0 aliphatic heterocycles. The summed E-state index contributed by atoms with van der Waals surface area (Å²) in [5.41, 5.74) is 3.01. The van der Waals surface area contributed by atoms with Gasteiger partial charge in [0, 0.05) is 0 Å². The second-order valence-corrected chi connectivity index (χ2v) is 6.49. The van der Waals surface area contributed by atoms with Crippen LogP contribution in [0.3, 0.4) is 0 Å². The molecular formula is C20H18N2O2S. The van der Waals surface area contributed by atoms with E-state index >= 15 is 0 Å². The van der Waals surface area contributed by atoms with E-state index in [9.17, 15) is 4.79 Å². The van der Waals surface area contributed by atoms with Gasteiger partial charge in [-0.3, -0.25) is 4.99 Å². The van der Waals surface area contributed by atoms with E-state index in [0.29, 0.717) is 4.88 Å². The highest BCUT2D eigenvalue weighted by atomic mass is 32.1. The molecule has 0 bridgehead atoms. The minimum atomic E-state index is -0.376. The highest BCUT2D eigenvalue weighted by Gasteiger charge is 2.16. The summed E-state index contributed by atoms with van der Waals surface area (Å²) in [5.74, 6) is -0.376.